The molecule has 1 aliphatic heterocycles. The van der Waals surface area contributed by atoms with Crippen molar-refractivity contribution in [3.63, 3.8) is 0 Å². The highest BCUT2D eigenvalue weighted by Crippen LogP contribution is 2.61. The van der Waals surface area contributed by atoms with E-state index in [1.165, 1.54) is 49.0 Å². The first-order valence-electron chi connectivity index (χ1n) is 12.8. The third-order valence-corrected chi connectivity index (χ3v) is 10.1. The first-order valence-corrected chi connectivity index (χ1v) is 14.4. The van der Waals surface area contributed by atoms with Crippen LogP contribution >= 0.6 is 35.0 Å². The quantitative estimate of drug-likeness (QED) is 0.346. The van der Waals surface area contributed by atoms with Gasteiger partial charge in [-0.2, -0.15) is 0 Å². The molecular formula is C29H29Cl2NO3S. The van der Waals surface area contributed by atoms with Crippen molar-refractivity contribution in [2.24, 2.45) is 17.8 Å². The molecule has 1 heterocycles. The molecule has 2 aromatic rings. The van der Waals surface area contributed by atoms with Gasteiger partial charge in [-0.25, -0.2) is 0 Å². The molecule has 2 aromatic carbocycles. The minimum Gasteiger partial charge on any atom is -0.493 e. The molecule has 4 aliphatic carbocycles. The zero-order valence-corrected chi connectivity index (χ0v) is 22.6. The fraction of sp³-hybridized carbons (Fsp3) is 0.448. The maximum atomic E-state index is 13.3. The molecule has 4 bridgehead atoms. The molecule has 5 aliphatic rings. The predicted molar refractivity (Wildman–Crippen MR) is 145 cm³/mol. The normalized spacial score (nSPS) is 30.0. The Balaban J connectivity index is 1.30. The molecular weight excluding hydrogens is 513 g/mol. The van der Waals surface area contributed by atoms with Crippen molar-refractivity contribution in [2.45, 2.75) is 57.4 Å². The maximum absolute atomic E-state index is 13.3. The number of halogens is 2. The standard InChI is InChI=1S/C29H29Cl2NO3S/c1-2-35-25-6-4-22(29-13-18-7-19(14-29)9-20(8-18)15-29)11-21(25)12-26-27(33)32(28(34)36-26)16-17-3-5-23(30)24(31)10-17/h3-6,10-12,18-20H,2,7-9,13-16H2,1H3/b26-12-. The van der Waals surface area contributed by atoms with Gasteiger partial charge in [0.25, 0.3) is 11.1 Å². The number of carbonyl (C=O) groups is 2. The van der Waals surface area contributed by atoms with E-state index >= 15 is 0 Å². The SMILES string of the molecule is CCOc1ccc(C23CC4CC(CC(C4)C2)C3)cc1/C=C1\SC(=O)N(Cc2ccc(Cl)c(Cl)c2)C1=O. The minimum atomic E-state index is -0.293. The van der Waals surface area contributed by atoms with Crippen molar-refractivity contribution in [2.75, 3.05) is 6.61 Å². The number of amides is 2. The lowest BCUT2D eigenvalue weighted by Crippen LogP contribution is -2.48. The summed E-state index contributed by atoms with van der Waals surface area (Å²) in [6, 6.07) is 11.7. The summed E-state index contributed by atoms with van der Waals surface area (Å²) in [5.41, 5.74) is 3.25. The molecule has 4 nitrogen and oxygen atoms in total. The molecule has 0 radical (unpaired) electrons. The molecule has 188 valence electrons. The molecule has 0 aromatic heterocycles. The van der Waals surface area contributed by atoms with Gasteiger partial charge in [-0.15, -0.1) is 0 Å². The van der Waals surface area contributed by atoms with Gasteiger partial charge in [0, 0.05) is 5.56 Å². The lowest BCUT2D eigenvalue weighted by atomic mass is 9.48. The van der Waals surface area contributed by atoms with E-state index in [-0.39, 0.29) is 23.1 Å². The second-order valence-corrected chi connectivity index (χ2v) is 12.7. The number of thioether (sulfide) groups is 1. The summed E-state index contributed by atoms with van der Waals surface area (Å²) in [6.07, 6.45) is 9.85. The van der Waals surface area contributed by atoms with Crippen LogP contribution in [-0.2, 0) is 16.8 Å². The highest BCUT2D eigenvalue weighted by atomic mass is 35.5. The third kappa shape index (κ3) is 4.37. The largest absolute Gasteiger partial charge is 0.493 e. The van der Waals surface area contributed by atoms with Gasteiger partial charge in [0.15, 0.2) is 0 Å². The molecule has 7 rings (SSSR count). The number of ether oxygens (including phenoxy) is 1. The number of nitrogens with zero attached hydrogens (tertiary/aromatic N) is 1. The minimum absolute atomic E-state index is 0.157. The summed E-state index contributed by atoms with van der Waals surface area (Å²) in [4.78, 5) is 27.7. The van der Waals surface area contributed by atoms with Gasteiger partial charge >= 0.3 is 0 Å². The van der Waals surface area contributed by atoms with E-state index in [0.29, 0.717) is 21.6 Å². The van der Waals surface area contributed by atoms with Crippen LogP contribution < -0.4 is 4.74 Å². The van der Waals surface area contributed by atoms with Gasteiger partial charge in [0.05, 0.1) is 28.1 Å². The van der Waals surface area contributed by atoms with Gasteiger partial charge in [-0.1, -0.05) is 35.3 Å². The van der Waals surface area contributed by atoms with Crippen LogP contribution in [0.4, 0.5) is 4.79 Å². The molecule has 36 heavy (non-hydrogen) atoms. The van der Waals surface area contributed by atoms with Crippen LogP contribution in [0.15, 0.2) is 41.3 Å². The van der Waals surface area contributed by atoms with Gasteiger partial charge in [0.1, 0.15) is 5.75 Å². The summed E-state index contributed by atoms with van der Waals surface area (Å²) in [6.45, 7) is 2.66. The average molecular weight is 543 g/mol. The van der Waals surface area contributed by atoms with Crippen molar-refractivity contribution >= 4 is 52.2 Å². The summed E-state index contributed by atoms with van der Waals surface area (Å²) >= 11 is 13.1. The summed E-state index contributed by atoms with van der Waals surface area (Å²) in [5, 5.41) is 0.559. The number of imide groups is 1. The Morgan fingerprint density at radius 3 is 2.33 bits per heavy atom. The Bertz CT molecular complexity index is 1240. The van der Waals surface area contributed by atoms with Crippen LogP contribution in [0.3, 0.4) is 0 Å². The number of rotatable bonds is 6. The van der Waals surface area contributed by atoms with E-state index in [4.69, 9.17) is 27.9 Å². The topological polar surface area (TPSA) is 46.6 Å². The molecule has 7 heteroatoms. The van der Waals surface area contributed by atoms with Crippen LogP contribution in [-0.4, -0.2) is 22.7 Å². The fourth-order valence-electron chi connectivity index (χ4n) is 7.34. The van der Waals surface area contributed by atoms with E-state index < -0.39 is 0 Å². The van der Waals surface area contributed by atoms with Crippen molar-refractivity contribution in [1.29, 1.82) is 0 Å². The van der Waals surface area contributed by atoms with E-state index in [1.54, 1.807) is 18.2 Å². The fourth-order valence-corrected chi connectivity index (χ4v) is 8.49. The second-order valence-electron chi connectivity index (χ2n) is 10.9. The third-order valence-electron chi connectivity index (χ3n) is 8.45. The second kappa shape index (κ2) is 9.41. The van der Waals surface area contributed by atoms with Crippen molar-refractivity contribution in [3.05, 3.63) is 68.0 Å². The predicted octanol–water partition coefficient (Wildman–Crippen LogP) is 8.10. The van der Waals surface area contributed by atoms with Crippen LogP contribution in [0.5, 0.6) is 5.75 Å². The smallest absolute Gasteiger partial charge is 0.293 e. The van der Waals surface area contributed by atoms with Crippen LogP contribution in [0.1, 0.15) is 62.1 Å². The molecule has 1 saturated heterocycles. The van der Waals surface area contributed by atoms with Crippen molar-refractivity contribution < 1.29 is 14.3 Å². The number of carbonyl (C=O) groups excluding carboxylic acids is 2. The Labute approximate surface area is 226 Å². The highest BCUT2D eigenvalue weighted by molar-refractivity contribution is 8.18. The molecule has 4 saturated carbocycles. The lowest BCUT2D eigenvalue weighted by Gasteiger charge is -2.57. The molecule has 0 atom stereocenters. The van der Waals surface area contributed by atoms with Crippen molar-refractivity contribution in [1.82, 2.24) is 4.90 Å². The maximum Gasteiger partial charge on any atom is 0.293 e. The molecule has 5 fully saturated rings. The number of benzene rings is 2. The molecule has 0 spiro atoms. The van der Waals surface area contributed by atoms with Gasteiger partial charge in [-0.3, -0.25) is 14.5 Å². The summed E-state index contributed by atoms with van der Waals surface area (Å²) < 4.78 is 5.94. The summed E-state index contributed by atoms with van der Waals surface area (Å²) in [7, 11) is 0. The monoisotopic (exact) mass is 541 g/mol. The van der Waals surface area contributed by atoms with E-state index in [2.05, 4.69) is 18.2 Å². The molecule has 0 unspecified atom stereocenters. The van der Waals surface area contributed by atoms with Crippen molar-refractivity contribution in [3.8, 4) is 5.75 Å². The Morgan fingerprint density at radius 1 is 1.00 bits per heavy atom. The number of hydrogen-bond acceptors (Lipinski definition) is 4. The Kier molecular flexibility index (Phi) is 6.38. The van der Waals surface area contributed by atoms with Crippen LogP contribution in [0.25, 0.3) is 6.08 Å². The zero-order chi connectivity index (χ0) is 25.0. The first-order chi connectivity index (χ1) is 17.3. The Morgan fingerprint density at radius 2 is 1.69 bits per heavy atom. The van der Waals surface area contributed by atoms with E-state index in [9.17, 15) is 9.59 Å². The summed E-state index contributed by atoms with van der Waals surface area (Å²) in [5.74, 6) is 3.01. The molecule has 0 N–H and O–H groups in total. The number of hydrogen-bond donors (Lipinski definition) is 0. The van der Waals surface area contributed by atoms with E-state index in [0.717, 1.165) is 46.4 Å². The van der Waals surface area contributed by atoms with Gasteiger partial charge < -0.3 is 4.74 Å². The Hall–Kier alpha value is -1.95. The molecule has 2 amide bonds. The van der Waals surface area contributed by atoms with E-state index in [1.807, 2.05) is 13.0 Å². The van der Waals surface area contributed by atoms with Gasteiger partial charge in [-0.05, 0) is 122 Å². The van der Waals surface area contributed by atoms with Gasteiger partial charge in [0.2, 0.25) is 0 Å². The average Bonchev–Trinajstić information content (AvgIpc) is 3.09. The lowest BCUT2D eigenvalue weighted by molar-refractivity contribution is -0.123. The highest BCUT2D eigenvalue weighted by Gasteiger charge is 2.51. The van der Waals surface area contributed by atoms with Crippen LogP contribution in [0.2, 0.25) is 10.0 Å². The zero-order valence-electron chi connectivity index (χ0n) is 20.3. The first kappa shape index (κ1) is 24.4. The van der Waals surface area contributed by atoms with Crippen LogP contribution in [0, 0.1) is 17.8 Å².